The maximum Gasteiger partial charge on any atom is 0.0619 e. The van der Waals surface area contributed by atoms with Gasteiger partial charge in [0, 0.05) is 23.2 Å². The summed E-state index contributed by atoms with van der Waals surface area (Å²) in [4.78, 5) is 0. The molecule has 1 aliphatic heterocycles. The zero-order valence-corrected chi connectivity index (χ0v) is 11.4. The maximum absolute atomic E-state index is 5.92. The van der Waals surface area contributed by atoms with E-state index in [1.807, 2.05) is 12.1 Å². The molecule has 1 N–H and O–H groups in total. The Balaban J connectivity index is 1.59. The molecular formula is C15H20ClNO. The molecule has 1 atom stereocenters. The quantitative estimate of drug-likeness (QED) is 0.903. The summed E-state index contributed by atoms with van der Waals surface area (Å²) in [5, 5.41) is 4.63. The lowest BCUT2D eigenvalue weighted by Crippen LogP contribution is -2.45. The average molecular weight is 266 g/mol. The summed E-state index contributed by atoms with van der Waals surface area (Å²) in [6, 6.07) is 8.80. The highest BCUT2D eigenvalue weighted by atomic mass is 35.5. The molecule has 3 rings (SSSR count). The molecule has 2 aliphatic rings. The molecule has 1 heterocycles. The Kier molecular flexibility index (Phi) is 3.60. The molecule has 1 saturated carbocycles. The minimum Gasteiger partial charge on any atom is -0.380 e. The van der Waals surface area contributed by atoms with Crippen LogP contribution in [-0.4, -0.2) is 24.8 Å². The summed E-state index contributed by atoms with van der Waals surface area (Å²) in [7, 11) is 0. The predicted molar refractivity (Wildman–Crippen MR) is 74.1 cm³/mol. The monoisotopic (exact) mass is 265 g/mol. The van der Waals surface area contributed by atoms with Crippen LogP contribution in [0.1, 0.15) is 31.2 Å². The van der Waals surface area contributed by atoms with Crippen molar-refractivity contribution in [1.29, 1.82) is 0 Å². The summed E-state index contributed by atoms with van der Waals surface area (Å²) in [5.74, 6) is 0. The first-order valence-electron chi connectivity index (χ1n) is 6.86. The number of benzene rings is 1. The second-order valence-corrected chi connectivity index (χ2v) is 6.08. The molecule has 2 nitrogen and oxygen atoms in total. The van der Waals surface area contributed by atoms with Gasteiger partial charge in [-0.2, -0.15) is 0 Å². The third-order valence-electron chi connectivity index (χ3n) is 3.98. The molecule has 1 saturated heterocycles. The van der Waals surface area contributed by atoms with E-state index in [2.05, 4.69) is 17.4 Å². The molecule has 0 spiro atoms. The number of nitrogens with one attached hydrogen (secondary N) is 1. The van der Waals surface area contributed by atoms with E-state index in [1.54, 1.807) is 0 Å². The highest BCUT2D eigenvalue weighted by molar-refractivity contribution is 6.30. The van der Waals surface area contributed by atoms with Gasteiger partial charge in [0.1, 0.15) is 0 Å². The van der Waals surface area contributed by atoms with E-state index in [0.29, 0.717) is 11.6 Å². The van der Waals surface area contributed by atoms with Gasteiger partial charge in [0.25, 0.3) is 0 Å². The molecule has 1 aliphatic carbocycles. The van der Waals surface area contributed by atoms with E-state index in [1.165, 1.54) is 31.2 Å². The van der Waals surface area contributed by atoms with Crippen molar-refractivity contribution in [3.05, 3.63) is 34.9 Å². The minimum absolute atomic E-state index is 0.333. The summed E-state index contributed by atoms with van der Waals surface area (Å²) >= 11 is 5.92. The van der Waals surface area contributed by atoms with Crippen molar-refractivity contribution in [2.24, 2.45) is 0 Å². The standard InChI is InChI=1S/C15H20ClNO/c16-13-5-3-12(4-6-13)10-15(7-8-15)17-14-2-1-9-18-11-14/h3-6,14,17H,1-2,7-11H2/t14-/m0/s1. The van der Waals surface area contributed by atoms with Gasteiger partial charge in [-0.3, -0.25) is 0 Å². The van der Waals surface area contributed by atoms with Crippen LogP contribution in [0.3, 0.4) is 0 Å². The van der Waals surface area contributed by atoms with Crippen LogP contribution >= 0.6 is 11.6 Å². The highest BCUT2D eigenvalue weighted by Gasteiger charge is 2.43. The Morgan fingerprint density at radius 2 is 2.06 bits per heavy atom. The summed E-state index contributed by atoms with van der Waals surface area (Å²) in [6.45, 7) is 1.81. The van der Waals surface area contributed by atoms with Gasteiger partial charge in [-0.25, -0.2) is 0 Å². The van der Waals surface area contributed by atoms with Gasteiger partial charge in [0.15, 0.2) is 0 Å². The molecule has 2 fully saturated rings. The van der Waals surface area contributed by atoms with Crippen LogP contribution in [0.25, 0.3) is 0 Å². The molecule has 0 radical (unpaired) electrons. The van der Waals surface area contributed by atoms with E-state index in [-0.39, 0.29) is 0 Å². The zero-order chi connectivity index (χ0) is 12.4. The van der Waals surface area contributed by atoms with Crippen LogP contribution in [0.2, 0.25) is 5.02 Å². The Morgan fingerprint density at radius 3 is 2.67 bits per heavy atom. The zero-order valence-electron chi connectivity index (χ0n) is 10.6. The van der Waals surface area contributed by atoms with E-state index in [9.17, 15) is 0 Å². The Labute approximate surface area is 114 Å². The molecule has 0 unspecified atom stereocenters. The molecule has 0 aromatic heterocycles. The van der Waals surface area contributed by atoms with Gasteiger partial charge in [-0.05, 0) is 49.8 Å². The van der Waals surface area contributed by atoms with E-state index < -0.39 is 0 Å². The van der Waals surface area contributed by atoms with Gasteiger partial charge in [0.05, 0.1) is 6.61 Å². The third-order valence-corrected chi connectivity index (χ3v) is 4.23. The van der Waals surface area contributed by atoms with Crippen LogP contribution in [0.4, 0.5) is 0 Å². The number of rotatable bonds is 4. The minimum atomic E-state index is 0.333. The average Bonchev–Trinajstić information content (AvgIpc) is 3.13. The van der Waals surface area contributed by atoms with E-state index in [4.69, 9.17) is 16.3 Å². The Morgan fingerprint density at radius 1 is 1.28 bits per heavy atom. The van der Waals surface area contributed by atoms with Crippen molar-refractivity contribution < 1.29 is 4.74 Å². The van der Waals surface area contributed by atoms with Gasteiger partial charge >= 0.3 is 0 Å². The second-order valence-electron chi connectivity index (χ2n) is 5.64. The fraction of sp³-hybridized carbons (Fsp3) is 0.600. The fourth-order valence-corrected chi connectivity index (χ4v) is 2.93. The van der Waals surface area contributed by atoms with Crippen molar-refractivity contribution in [2.45, 2.75) is 43.7 Å². The molecule has 1 aromatic rings. The first-order valence-corrected chi connectivity index (χ1v) is 7.24. The molecule has 1 aromatic carbocycles. The maximum atomic E-state index is 5.92. The highest BCUT2D eigenvalue weighted by Crippen LogP contribution is 2.39. The smallest absolute Gasteiger partial charge is 0.0619 e. The van der Waals surface area contributed by atoms with Crippen LogP contribution in [0.5, 0.6) is 0 Å². The molecular weight excluding hydrogens is 246 g/mol. The fourth-order valence-electron chi connectivity index (χ4n) is 2.80. The Bertz CT molecular complexity index is 393. The SMILES string of the molecule is Clc1ccc(CC2(N[C@H]3CCCOC3)CC2)cc1. The van der Waals surface area contributed by atoms with Crippen molar-refractivity contribution in [3.63, 3.8) is 0 Å². The van der Waals surface area contributed by atoms with Crippen LogP contribution < -0.4 is 5.32 Å². The van der Waals surface area contributed by atoms with Gasteiger partial charge in [-0.1, -0.05) is 23.7 Å². The predicted octanol–water partition coefficient (Wildman–Crippen LogP) is 3.18. The van der Waals surface area contributed by atoms with Gasteiger partial charge < -0.3 is 10.1 Å². The van der Waals surface area contributed by atoms with Crippen molar-refractivity contribution in [2.75, 3.05) is 13.2 Å². The normalized spacial score (nSPS) is 25.9. The number of hydrogen-bond acceptors (Lipinski definition) is 2. The largest absolute Gasteiger partial charge is 0.380 e. The summed E-state index contributed by atoms with van der Waals surface area (Å²) < 4.78 is 5.54. The van der Waals surface area contributed by atoms with Crippen molar-refractivity contribution in [3.8, 4) is 0 Å². The van der Waals surface area contributed by atoms with Gasteiger partial charge in [0.2, 0.25) is 0 Å². The van der Waals surface area contributed by atoms with E-state index >= 15 is 0 Å². The van der Waals surface area contributed by atoms with Crippen LogP contribution in [0, 0.1) is 0 Å². The topological polar surface area (TPSA) is 21.3 Å². The lowest BCUT2D eigenvalue weighted by Gasteiger charge is -2.28. The first-order chi connectivity index (χ1) is 8.76. The number of ether oxygens (including phenoxy) is 1. The van der Waals surface area contributed by atoms with E-state index in [0.717, 1.165) is 24.7 Å². The molecule has 98 valence electrons. The van der Waals surface area contributed by atoms with Crippen LogP contribution in [0.15, 0.2) is 24.3 Å². The van der Waals surface area contributed by atoms with Crippen LogP contribution in [-0.2, 0) is 11.2 Å². The number of halogens is 1. The lowest BCUT2D eigenvalue weighted by atomic mass is 10.0. The first kappa shape index (κ1) is 12.5. The molecule has 0 amide bonds. The third kappa shape index (κ3) is 3.05. The van der Waals surface area contributed by atoms with Crippen molar-refractivity contribution >= 4 is 11.6 Å². The second kappa shape index (κ2) is 5.20. The lowest BCUT2D eigenvalue weighted by molar-refractivity contribution is 0.0649. The summed E-state index contributed by atoms with van der Waals surface area (Å²) in [5.41, 5.74) is 1.71. The van der Waals surface area contributed by atoms with Crippen molar-refractivity contribution in [1.82, 2.24) is 5.32 Å². The van der Waals surface area contributed by atoms with Gasteiger partial charge in [-0.15, -0.1) is 0 Å². The molecule has 18 heavy (non-hydrogen) atoms. The number of hydrogen-bond donors (Lipinski definition) is 1. The molecule has 3 heteroatoms. The summed E-state index contributed by atoms with van der Waals surface area (Å²) in [6.07, 6.45) is 6.12. The molecule has 0 bridgehead atoms. The Hall–Kier alpha value is -0.570.